The second-order valence-corrected chi connectivity index (χ2v) is 6.48. The lowest BCUT2D eigenvalue weighted by Crippen LogP contribution is -2.35. The summed E-state index contributed by atoms with van der Waals surface area (Å²) in [5.74, 6) is 0.710. The molecule has 23 heavy (non-hydrogen) atoms. The van der Waals surface area contributed by atoms with Crippen LogP contribution >= 0.6 is 0 Å². The van der Waals surface area contributed by atoms with Gasteiger partial charge in [-0.1, -0.05) is 48.0 Å². The predicted octanol–water partition coefficient (Wildman–Crippen LogP) is 3.53. The van der Waals surface area contributed by atoms with Crippen LogP contribution in [-0.4, -0.2) is 19.1 Å². The van der Waals surface area contributed by atoms with Crippen LogP contribution in [0.1, 0.15) is 29.5 Å². The van der Waals surface area contributed by atoms with Crippen molar-refractivity contribution in [3.8, 4) is 5.75 Å². The van der Waals surface area contributed by atoms with Gasteiger partial charge in [0.15, 0.2) is 6.61 Å². The minimum absolute atomic E-state index is 0.0628. The number of aryl methyl sites for hydroxylation is 2. The summed E-state index contributed by atoms with van der Waals surface area (Å²) < 4.78 is 5.63. The molecule has 120 valence electrons. The second kappa shape index (κ2) is 6.45. The fraction of sp³-hybridized carbons (Fsp3) is 0.350. The maximum atomic E-state index is 12.1. The van der Waals surface area contributed by atoms with Crippen LogP contribution in [0, 0.1) is 13.8 Å². The van der Waals surface area contributed by atoms with Gasteiger partial charge in [-0.2, -0.15) is 0 Å². The third-order valence-electron chi connectivity index (χ3n) is 4.55. The fourth-order valence-corrected chi connectivity index (χ4v) is 2.93. The van der Waals surface area contributed by atoms with E-state index in [1.807, 2.05) is 32.0 Å². The molecule has 1 aliphatic rings. The lowest BCUT2D eigenvalue weighted by molar-refractivity contribution is -0.123. The Bertz CT molecular complexity index is 690. The van der Waals surface area contributed by atoms with Gasteiger partial charge in [-0.15, -0.1) is 0 Å². The Morgan fingerprint density at radius 2 is 1.87 bits per heavy atom. The van der Waals surface area contributed by atoms with Gasteiger partial charge in [0.1, 0.15) is 5.75 Å². The van der Waals surface area contributed by atoms with Crippen molar-refractivity contribution < 1.29 is 9.53 Å². The Balaban J connectivity index is 1.50. The molecule has 0 saturated heterocycles. The van der Waals surface area contributed by atoms with Gasteiger partial charge in [-0.05, 0) is 43.9 Å². The molecule has 1 N–H and O–H groups in total. The number of rotatable bonds is 6. The first-order chi connectivity index (χ1) is 11.1. The van der Waals surface area contributed by atoms with Crippen molar-refractivity contribution in [3.05, 3.63) is 65.2 Å². The summed E-state index contributed by atoms with van der Waals surface area (Å²) in [5.41, 5.74) is 3.70. The Morgan fingerprint density at radius 1 is 1.13 bits per heavy atom. The molecular weight excluding hydrogens is 286 g/mol. The minimum Gasteiger partial charge on any atom is -0.484 e. The first-order valence-corrected chi connectivity index (χ1v) is 8.11. The van der Waals surface area contributed by atoms with Crippen molar-refractivity contribution in [1.82, 2.24) is 5.32 Å². The molecule has 0 aromatic heterocycles. The summed E-state index contributed by atoms with van der Waals surface area (Å²) in [6.07, 6.45) is 2.27. The normalized spacial score (nSPS) is 15.0. The number of amides is 1. The zero-order chi connectivity index (χ0) is 16.3. The van der Waals surface area contributed by atoms with E-state index >= 15 is 0 Å². The van der Waals surface area contributed by atoms with Crippen molar-refractivity contribution >= 4 is 5.91 Å². The highest BCUT2D eigenvalue weighted by molar-refractivity contribution is 5.77. The van der Waals surface area contributed by atoms with Crippen LogP contribution in [0.5, 0.6) is 5.75 Å². The summed E-state index contributed by atoms with van der Waals surface area (Å²) in [6, 6.07) is 16.4. The van der Waals surface area contributed by atoms with Gasteiger partial charge in [0.2, 0.25) is 0 Å². The summed E-state index contributed by atoms with van der Waals surface area (Å²) in [7, 11) is 0. The third kappa shape index (κ3) is 3.73. The highest BCUT2D eigenvalue weighted by Gasteiger charge is 2.44. The van der Waals surface area contributed by atoms with Crippen LogP contribution in [0.15, 0.2) is 48.5 Å². The number of carbonyl (C=O) groups excluding carboxylic acids is 1. The Labute approximate surface area is 137 Å². The molecule has 0 radical (unpaired) electrons. The summed E-state index contributed by atoms with van der Waals surface area (Å²) >= 11 is 0. The van der Waals surface area contributed by atoms with E-state index in [2.05, 4.69) is 35.6 Å². The zero-order valence-corrected chi connectivity index (χ0v) is 13.8. The van der Waals surface area contributed by atoms with E-state index in [9.17, 15) is 4.79 Å². The van der Waals surface area contributed by atoms with E-state index in [-0.39, 0.29) is 17.9 Å². The molecular formula is C20H23NO2. The van der Waals surface area contributed by atoms with Crippen LogP contribution in [0.4, 0.5) is 0 Å². The van der Waals surface area contributed by atoms with Gasteiger partial charge >= 0.3 is 0 Å². The van der Waals surface area contributed by atoms with E-state index in [4.69, 9.17) is 4.74 Å². The van der Waals surface area contributed by atoms with Gasteiger partial charge in [0.25, 0.3) is 5.91 Å². The zero-order valence-electron chi connectivity index (χ0n) is 13.8. The molecule has 2 aromatic carbocycles. The van der Waals surface area contributed by atoms with E-state index in [1.165, 1.54) is 11.1 Å². The van der Waals surface area contributed by atoms with E-state index in [0.717, 1.165) is 24.2 Å². The molecule has 3 heteroatoms. The summed E-state index contributed by atoms with van der Waals surface area (Å²) in [4.78, 5) is 12.1. The average molecular weight is 309 g/mol. The number of nitrogens with one attached hydrogen (secondary N) is 1. The van der Waals surface area contributed by atoms with E-state index < -0.39 is 0 Å². The van der Waals surface area contributed by atoms with Crippen molar-refractivity contribution in [2.75, 3.05) is 13.2 Å². The van der Waals surface area contributed by atoms with Crippen LogP contribution < -0.4 is 10.1 Å². The van der Waals surface area contributed by atoms with Gasteiger partial charge < -0.3 is 10.1 Å². The lowest BCUT2D eigenvalue weighted by atomic mass is 9.96. The lowest BCUT2D eigenvalue weighted by Gasteiger charge is -2.17. The van der Waals surface area contributed by atoms with E-state index in [1.54, 1.807) is 0 Å². The second-order valence-electron chi connectivity index (χ2n) is 6.48. The van der Waals surface area contributed by atoms with Gasteiger partial charge in [-0.25, -0.2) is 0 Å². The first-order valence-electron chi connectivity index (χ1n) is 8.11. The summed E-state index contributed by atoms with van der Waals surface area (Å²) in [5, 5.41) is 3.02. The Kier molecular flexibility index (Phi) is 4.37. The molecule has 0 heterocycles. The molecule has 1 fully saturated rings. The quantitative estimate of drug-likeness (QED) is 0.886. The molecule has 0 atom stereocenters. The highest BCUT2D eigenvalue weighted by Crippen LogP contribution is 2.47. The van der Waals surface area contributed by atoms with Crippen LogP contribution in [0.2, 0.25) is 0 Å². The number of carbonyl (C=O) groups is 1. The molecule has 3 nitrogen and oxygen atoms in total. The molecule has 1 saturated carbocycles. The minimum atomic E-state index is -0.0628. The smallest absolute Gasteiger partial charge is 0.257 e. The van der Waals surface area contributed by atoms with E-state index in [0.29, 0.717) is 6.54 Å². The van der Waals surface area contributed by atoms with Gasteiger partial charge in [-0.3, -0.25) is 4.79 Å². The van der Waals surface area contributed by atoms with Crippen molar-refractivity contribution in [3.63, 3.8) is 0 Å². The predicted molar refractivity (Wildman–Crippen MR) is 91.8 cm³/mol. The third-order valence-corrected chi connectivity index (χ3v) is 4.55. The van der Waals surface area contributed by atoms with Crippen LogP contribution in [0.25, 0.3) is 0 Å². The van der Waals surface area contributed by atoms with Crippen LogP contribution in [0.3, 0.4) is 0 Å². The van der Waals surface area contributed by atoms with Crippen molar-refractivity contribution in [2.24, 2.45) is 0 Å². The Morgan fingerprint density at radius 3 is 2.52 bits per heavy atom. The maximum Gasteiger partial charge on any atom is 0.257 e. The largest absolute Gasteiger partial charge is 0.484 e. The van der Waals surface area contributed by atoms with Crippen LogP contribution in [-0.2, 0) is 10.2 Å². The topological polar surface area (TPSA) is 38.3 Å². The molecule has 2 aromatic rings. The number of hydrogen-bond acceptors (Lipinski definition) is 2. The molecule has 0 bridgehead atoms. The van der Waals surface area contributed by atoms with Crippen molar-refractivity contribution in [1.29, 1.82) is 0 Å². The monoisotopic (exact) mass is 309 g/mol. The SMILES string of the molecule is Cc1ccc(OCC(=O)NCC2(c3ccccc3)CC2)c(C)c1. The summed E-state index contributed by atoms with van der Waals surface area (Å²) in [6.45, 7) is 4.79. The number of ether oxygens (including phenoxy) is 1. The first kappa shape index (κ1) is 15.6. The molecule has 3 rings (SSSR count). The van der Waals surface area contributed by atoms with Crippen molar-refractivity contribution in [2.45, 2.75) is 32.1 Å². The average Bonchev–Trinajstić information content (AvgIpc) is 3.34. The Hall–Kier alpha value is -2.29. The molecule has 0 aliphatic heterocycles. The number of benzene rings is 2. The highest BCUT2D eigenvalue weighted by atomic mass is 16.5. The standard InChI is InChI=1S/C20H23NO2/c1-15-8-9-18(16(2)12-15)23-13-19(22)21-14-20(10-11-20)17-6-4-3-5-7-17/h3-9,12H,10-11,13-14H2,1-2H3,(H,21,22). The van der Waals surface area contributed by atoms with Gasteiger partial charge in [0, 0.05) is 12.0 Å². The molecule has 0 spiro atoms. The molecule has 1 aliphatic carbocycles. The fourth-order valence-electron chi connectivity index (χ4n) is 2.93. The number of hydrogen-bond donors (Lipinski definition) is 1. The maximum absolute atomic E-state index is 12.1. The van der Waals surface area contributed by atoms with Gasteiger partial charge in [0.05, 0.1) is 0 Å². The molecule has 0 unspecified atom stereocenters. The molecule has 1 amide bonds.